The Morgan fingerprint density at radius 2 is 1.56 bits per heavy atom. The minimum atomic E-state index is -0.977. The molecule has 0 atom stereocenters. The molecule has 0 aliphatic rings. The van der Waals surface area contributed by atoms with Gasteiger partial charge in [-0.1, -0.05) is 42.5 Å². The van der Waals surface area contributed by atoms with Crippen molar-refractivity contribution in [3.8, 4) is 27.5 Å². The second kappa shape index (κ2) is 9.51. The summed E-state index contributed by atoms with van der Waals surface area (Å²) in [6, 6.07) is 18.3. The summed E-state index contributed by atoms with van der Waals surface area (Å²) < 4.78 is 29.0. The molecule has 10 heteroatoms. The van der Waals surface area contributed by atoms with E-state index in [4.69, 9.17) is 0 Å². The number of benzene rings is 3. The number of anilines is 1. The highest BCUT2D eigenvalue weighted by atomic mass is 32.1. The molecule has 0 unspecified atom stereocenters. The van der Waals surface area contributed by atoms with Crippen LogP contribution in [-0.4, -0.2) is 20.4 Å². The second-order valence-electron chi connectivity index (χ2n) is 7.62. The predicted molar refractivity (Wildman–Crippen MR) is 134 cm³/mol. The summed E-state index contributed by atoms with van der Waals surface area (Å²) in [5.74, 6) is -2.00. The maximum absolute atomic E-state index is 14.3. The Labute approximate surface area is 206 Å². The number of rotatable bonds is 5. The van der Waals surface area contributed by atoms with Crippen LogP contribution >= 0.6 is 11.3 Å². The van der Waals surface area contributed by atoms with Crippen LogP contribution in [0.3, 0.4) is 0 Å². The number of amides is 1. The van der Waals surface area contributed by atoms with E-state index in [9.17, 15) is 23.2 Å². The average Bonchev–Trinajstić information content (AvgIpc) is 3.35. The zero-order chi connectivity index (χ0) is 25.2. The summed E-state index contributed by atoms with van der Waals surface area (Å²) in [6.45, 7) is 0. The summed E-state index contributed by atoms with van der Waals surface area (Å²) in [5.41, 5.74) is -0.782. The van der Waals surface area contributed by atoms with E-state index < -0.39 is 34.4 Å². The normalized spacial score (nSPS) is 10.8. The van der Waals surface area contributed by atoms with Gasteiger partial charge in [0.15, 0.2) is 0 Å². The minimum Gasteiger partial charge on any atom is -0.321 e. The standard InChI is InChI=1S/C26H16F2N4O3S/c27-18-9-3-1-7-15(18)24-31-21(14-36-24)16-8-2-5-11-20(16)30-23(33)17-13-29-26(35)32(25(17)34)22-12-6-4-10-19(22)28/h1-14H,(H,29,35)(H,30,33). The zero-order valence-corrected chi connectivity index (χ0v) is 19.2. The predicted octanol–water partition coefficient (Wildman–Crippen LogP) is 4.85. The molecule has 2 aromatic heterocycles. The lowest BCUT2D eigenvalue weighted by Crippen LogP contribution is -2.38. The van der Waals surface area contributed by atoms with E-state index in [0.29, 0.717) is 32.1 Å². The number of hydrogen-bond acceptors (Lipinski definition) is 5. The largest absolute Gasteiger partial charge is 0.333 e. The first kappa shape index (κ1) is 23.1. The number of halogens is 2. The molecule has 5 rings (SSSR count). The smallest absolute Gasteiger partial charge is 0.321 e. The van der Waals surface area contributed by atoms with Gasteiger partial charge in [-0.25, -0.2) is 23.1 Å². The molecular weight excluding hydrogens is 486 g/mol. The Morgan fingerprint density at radius 3 is 2.31 bits per heavy atom. The van der Waals surface area contributed by atoms with Crippen LogP contribution in [0.5, 0.6) is 0 Å². The Morgan fingerprint density at radius 1 is 0.889 bits per heavy atom. The van der Waals surface area contributed by atoms with Crippen LogP contribution < -0.4 is 16.6 Å². The van der Waals surface area contributed by atoms with Crippen molar-refractivity contribution in [1.82, 2.24) is 14.5 Å². The van der Waals surface area contributed by atoms with E-state index in [-0.39, 0.29) is 5.69 Å². The van der Waals surface area contributed by atoms with Crippen molar-refractivity contribution in [2.24, 2.45) is 0 Å². The van der Waals surface area contributed by atoms with Gasteiger partial charge >= 0.3 is 5.69 Å². The number of carbonyl (C=O) groups is 1. The van der Waals surface area contributed by atoms with E-state index in [1.807, 2.05) is 0 Å². The number of H-pyrrole nitrogens is 1. The van der Waals surface area contributed by atoms with Gasteiger partial charge in [0.1, 0.15) is 22.2 Å². The third kappa shape index (κ3) is 4.25. The Hall–Kier alpha value is -4.70. The molecule has 0 saturated carbocycles. The number of para-hydroxylation sites is 2. The molecule has 2 N–H and O–H groups in total. The molecule has 0 aliphatic heterocycles. The molecule has 0 bridgehead atoms. The maximum Gasteiger partial charge on any atom is 0.333 e. The third-order valence-corrected chi connectivity index (χ3v) is 6.25. The van der Waals surface area contributed by atoms with Gasteiger partial charge in [0.2, 0.25) is 0 Å². The van der Waals surface area contributed by atoms with Crippen molar-refractivity contribution >= 4 is 22.9 Å². The van der Waals surface area contributed by atoms with Gasteiger partial charge in [-0.2, -0.15) is 0 Å². The lowest BCUT2D eigenvalue weighted by molar-refractivity contribution is 0.102. The van der Waals surface area contributed by atoms with Crippen LogP contribution in [0, 0.1) is 11.6 Å². The molecule has 0 radical (unpaired) electrons. The quantitative estimate of drug-likeness (QED) is 0.359. The fourth-order valence-electron chi connectivity index (χ4n) is 3.65. The molecule has 0 spiro atoms. The summed E-state index contributed by atoms with van der Waals surface area (Å²) in [5, 5.41) is 4.87. The van der Waals surface area contributed by atoms with Gasteiger partial charge in [0.05, 0.1) is 17.1 Å². The molecule has 5 aromatic rings. The first-order valence-electron chi connectivity index (χ1n) is 10.6. The van der Waals surface area contributed by atoms with Crippen LogP contribution in [0.25, 0.3) is 27.5 Å². The minimum absolute atomic E-state index is 0.276. The van der Waals surface area contributed by atoms with Gasteiger partial charge in [-0.05, 0) is 30.3 Å². The van der Waals surface area contributed by atoms with Crippen molar-refractivity contribution in [3.63, 3.8) is 0 Å². The number of hydrogen-bond donors (Lipinski definition) is 2. The lowest BCUT2D eigenvalue weighted by Gasteiger charge is -2.11. The van der Waals surface area contributed by atoms with E-state index >= 15 is 0 Å². The number of aromatic nitrogens is 3. The highest BCUT2D eigenvalue weighted by Crippen LogP contribution is 2.33. The topological polar surface area (TPSA) is 96.8 Å². The van der Waals surface area contributed by atoms with Gasteiger partial charge in [-0.15, -0.1) is 11.3 Å². The molecule has 0 fully saturated rings. The van der Waals surface area contributed by atoms with Crippen LogP contribution in [-0.2, 0) is 0 Å². The van der Waals surface area contributed by atoms with Crippen molar-refractivity contribution in [1.29, 1.82) is 0 Å². The first-order valence-corrected chi connectivity index (χ1v) is 11.5. The molecule has 178 valence electrons. The van der Waals surface area contributed by atoms with E-state index in [1.165, 1.54) is 35.6 Å². The molecule has 1 amide bonds. The fraction of sp³-hybridized carbons (Fsp3) is 0. The van der Waals surface area contributed by atoms with Crippen LogP contribution in [0.1, 0.15) is 10.4 Å². The number of aromatic amines is 1. The SMILES string of the molecule is O=C(Nc1ccccc1-c1csc(-c2ccccc2F)n1)c1c[nH]c(=O)n(-c2ccccc2F)c1=O. The first-order chi connectivity index (χ1) is 17.4. The molecule has 0 aliphatic carbocycles. The van der Waals surface area contributed by atoms with E-state index in [2.05, 4.69) is 15.3 Å². The molecule has 0 saturated heterocycles. The molecular formula is C26H16F2N4O3S. The van der Waals surface area contributed by atoms with Crippen molar-refractivity contribution in [3.05, 3.63) is 122 Å². The zero-order valence-electron chi connectivity index (χ0n) is 18.4. The summed E-state index contributed by atoms with van der Waals surface area (Å²) in [7, 11) is 0. The Bertz CT molecular complexity index is 1720. The maximum atomic E-state index is 14.3. The van der Waals surface area contributed by atoms with Crippen molar-refractivity contribution in [2.75, 3.05) is 5.32 Å². The van der Waals surface area contributed by atoms with Gasteiger partial charge in [0.25, 0.3) is 11.5 Å². The number of nitrogens with zero attached hydrogens (tertiary/aromatic N) is 2. The van der Waals surface area contributed by atoms with Crippen molar-refractivity contribution in [2.45, 2.75) is 0 Å². The van der Waals surface area contributed by atoms with E-state index in [1.54, 1.807) is 47.8 Å². The summed E-state index contributed by atoms with van der Waals surface area (Å²) in [4.78, 5) is 45.2. The third-order valence-electron chi connectivity index (χ3n) is 5.37. The highest BCUT2D eigenvalue weighted by molar-refractivity contribution is 7.13. The molecule has 36 heavy (non-hydrogen) atoms. The summed E-state index contributed by atoms with van der Waals surface area (Å²) >= 11 is 1.25. The summed E-state index contributed by atoms with van der Waals surface area (Å²) in [6.07, 6.45) is 0.985. The van der Waals surface area contributed by atoms with Crippen molar-refractivity contribution < 1.29 is 13.6 Å². The Balaban J connectivity index is 1.50. The molecule has 3 aromatic carbocycles. The number of carbonyl (C=O) groups excluding carboxylic acids is 1. The van der Waals surface area contributed by atoms with Gasteiger partial charge in [-0.3, -0.25) is 9.59 Å². The van der Waals surface area contributed by atoms with Gasteiger partial charge < -0.3 is 10.3 Å². The molecule has 2 heterocycles. The lowest BCUT2D eigenvalue weighted by atomic mass is 10.1. The fourth-order valence-corrected chi connectivity index (χ4v) is 4.49. The Kier molecular flexibility index (Phi) is 6.09. The number of nitrogens with one attached hydrogen (secondary N) is 2. The van der Waals surface area contributed by atoms with E-state index in [0.717, 1.165) is 12.3 Å². The second-order valence-corrected chi connectivity index (χ2v) is 8.48. The monoisotopic (exact) mass is 502 g/mol. The highest BCUT2D eigenvalue weighted by Gasteiger charge is 2.19. The number of thiazole rings is 1. The van der Waals surface area contributed by atoms with Crippen LogP contribution in [0.4, 0.5) is 14.5 Å². The average molecular weight is 503 g/mol. The molecule has 7 nitrogen and oxygen atoms in total. The van der Waals surface area contributed by atoms with Gasteiger partial charge in [0, 0.05) is 22.7 Å². The van der Waals surface area contributed by atoms with Crippen LogP contribution in [0.2, 0.25) is 0 Å². The van der Waals surface area contributed by atoms with Crippen LogP contribution in [0.15, 0.2) is 94.0 Å².